The van der Waals surface area contributed by atoms with Gasteiger partial charge in [-0.25, -0.2) is 0 Å². The maximum absolute atomic E-state index is 11.6. The monoisotopic (exact) mass is 325 g/mol. The van der Waals surface area contributed by atoms with E-state index in [4.69, 9.17) is 10.5 Å². The third kappa shape index (κ3) is 3.11. The van der Waals surface area contributed by atoms with Crippen LogP contribution in [0.1, 0.15) is 60.9 Å². The van der Waals surface area contributed by atoms with Gasteiger partial charge in [-0.05, 0) is 37.8 Å². The fraction of sp³-hybridized carbons (Fsp3) is 0.533. The van der Waals surface area contributed by atoms with Gasteiger partial charge in [-0.15, -0.1) is 0 Å². The van der Waals surface area contributed by atoms with Crippen LogP contribution in [0.5, 0.6) is 5.75 Å². The highest BCUT2D eigenvalue weighted by Crippen LogP contribution is 2.43. The van der Waals surface area contributed by atoms with E-state index in [1.807, 2.05) is 13.0 Å². The average Bonchev–Trinajstić information content (AvgIpc) is 2.40. The van der Waals surface area contributed by atoms with Crippen LogP contribution in [0.3, 0.4) is 0 Å². The van der Waals surface area contributed by atoms with E-state index in [0.717, 1.165) is 22.9 Å². The van der Waals surface area contributed by atoms with Gasteiger partial charge in [0.25, 0.3) is 5.91 Å². The topological polar surface area (TPSA) is 52.3 Å². The van der Waals surface area contributed by atoms with Crippen molar-refractivity contribution < 1.29 is 9.53 Å². The predicted molar refractivity (Wildman–Crippen MR) is 79.7 cm³/mol. The van der Waals surface area contributed by atoms with Crippen LogP contribution in [0.2, 0.25) is 0 Å². The lowest BCUT2D eigenvalue weighted by Crippen LogP contribution is -2.16. The molecule has 1 fully saturated rings. The highest BCUT2D eigenvalue weighted by molar-refractivity contribution is 9.10. The summed E-state index contributed by atoms with van der Waals surface area (Å²) in [5.74, 6) is 0.716. The molecule has 0 spiro atoms. The number of hydrogen-bond donors (Lipinski definition) is 1. The third-order valence-corrected chi connectivity index (χ3v) is 4.40. The second kappa shape index (κ2) is 6.42. The molecule has 0 heterocycles. The van der Waals surface area contributed by atoms with Crippen molar-refractivity contribution in [3.8, 4) is 5.75 Å². The van der Waals surface area contributed by atoms with Gasteiger partial charge in [0.2, 0.25) is 0 Å². The quantitative estimate of drug-likeness (QED) is 0.909. The largest absolute Gasteiger partial charge is 0.493 e. The molecule has 0 saturated heterocycles. The molecule has 19 heavy (non-hydrogen) atoms. The lowest BCUT2D eigenvalue weighted by Gasteiger charge is -2.26. The molecular weight excluding hydrogens is 306 g/mol. The predicted octanol–water partition coefficient (Wildman–Crippen LogP) is 3.99. The molecule has 0 unspecified atom stereocenters. The second-order valence-corrected chi connectivity index (χ2v) is 5.82. The number of benzene rings is 1. The fourth-order valence-corrected chi connectivity index (χ4v) is 3.48. The van der Waals surface area contributed by atoms with Crippen LogP contribution in [-0.4, -0.2) is 12.5 Å². The molecule has 1 amide bonds. The summed E-state index contributed by atoms with van der Waals surface area (Å²) in [6.07, 6.45) is 6.09. The lowest BCUT2D eigenvalue weighted by atomic mass is 9.83. The summed E-state index contributed by atoms with van der Waals surface area (Å²) < 4.78 is 6.75. The molecule has 1 saturated carbocycles. The van der Waals surface area contributed by atoms with Crippen molar-refractivity contribution in [2.45, 2.75) is 44.9 Å². The molecule has 1 aromatic rings. The number of halogens is 1. The van der Waals surface area contributed by atoms with E-state index in [9.17, 15) is 4.79 Å². The first-order chi connectivity index (χ1) is 9.15. The Kier molecular flexibility index (Phi) is 4.86. The van der Waals surface area contributed by atoms with Crippen LogP contribution >= 0.6 is 15.9 Å². The van der Waals surface area contributed by atoms with Crippen molar-refractivity contribution >= 4 is 21.8 Å². The first-order valence-corrected chi connectivity index (χ1v) is 7.69. The number of amides is 1. The fourth-order valence-electron chi connectivity index (χ4n) is 2.84. The summed E-state index contributed by atoms with van der Waals surface area (Å²) in [6, 6.07) is 3.65. The van der Waals surface area contributed by atoms with Crippen molar-refractivity contribution in [3.05, 3.63) is 27.7 Å². The lowest BCUT2D eigenvalue weighted by molar-refractivity contribution is 0.0996. The van der Waals surface area contributed by atoms with E-state index in [1.54, 1.807) is 6.07 Å². The van der Waals surface area contributed by atoms with E-state index in [1.165, 1.54) is 19.3 Å². The molecule has 104 valence electrons. The summed E-state index contributed by atoms with van der Waals surface area (Å²) in [4.78, 5) is 11.6. The van der Waals surface area contributed by atoms with Gasteiger partial charge in [0.1, 0.15) is 5.75 Å². The number of carbonyl (C=O) groups excluding carboxylic acids is 1. The highest BCUT2D eigenvalue weighted by atomic mass is 79.9. The first-order valence-electron chi connectivity index (χ1n) is 6.90. The number of primary amides is 1. The average molecular weight is 326 g/mol. The number of hydrogen-bond acceptors (Lipinski definition) is 2. The summed E-state index contributed by atoms with van der Waals surface area (Å²) >= 11 is 3.60. The van der Waals surface area contributed by atoms with Crippen molar-refractivity contribution in [1.82, 2.24) is 0 Å². The van der Waals surface area contributed by atoms with Gasteiger partial charge in [-0.1, -0.05) is 35.2 Å². The molecule has 4 heteroatoms. The van der Waals surface area contributed by atoms with Crippen LogP contribution in [0, 0.1) is 0 Å². The molecule has 0 bridgehead atoms. The van der Waals surface area contributed by atoms with Crippen LogP contribution in [-0.2, 0) is 0 Å². The number of ether oxygens (including phenoxy) is 1. The Bertz CT molecular complexity index is 467. The van der Waals surface area contributed by atoms with Gasteiger partial charge in [0.05, 0.1) is 12.2 Å². The number of rotatable bonds is 4. The van der Waals surface area contributed by atoms with Crippen LogP contribution < -0.4 is 10.5 Å². The van der Waals surface area contributed by atoms with Gasteiger partial charge in [0.15, 0.2) is 0 Å². The van der Waals surface area contributed by atoms with E-state index in [2.05, 4.69) is 15.9 Å². The molecule has 2 rings (SSSR count). The van der Waals surface area contributed by atoms with Gasteiger partial charge < -0.3 is 10.5 Å². The van der Waals surface area contributed by atoms with Gasteiger partial charge >= 0.3 is 0 Å². The summed E-state index contributed by atoms with van der Waals surface area (Å²) in [6.45, 7) is 2.47. The van der Waals surface area contributed by atoms with Crippen LogP contribution in [0.4, 0.5) is 0 Å². The SMILES string of the molecule is CCOc1c(C(N)=O)ccc(Br)c1C1CCCCC1. The van der Waals surface area contributed by atoms with Gasteiger partial charge in [0, 0.05) is 10.0 Å². The smallest absolute Gasteiger partial charge is 0.252 e. The second-order valence-electron chi connectivity index (χ2n) is 4.97. The van der Waals surface area contributed by atoms with Gasteiger partial charge in [-0.3, -0.25) is 4.79 Å². The zero-order valence-electron chi connectivity index (χ0n) is 11.2. The minimum Gasteiger partial charge on any atom is -0.493 e. The number of carbonyl (C=O) groups is 1. The highest BCUT2D eigenvalue weighted by Gasteiger charge is 2.25. The molecule has 0 aliphatic heterocycles. The summed E-state index contributed by atoms with van der Waals surface area (Å²) in [5.41, 5.74) is 7.07. The van der Waals surface area contributed by atoms with Crippen molar-refractivity contribution in [2.24, 2.45) is 5.73 Å². The molecule has 0 aromatic heterocycles. The van der Waals surface area contributed by atoms with Crippen molar-refractivity contribution in [2.75, 3.05) is 6.61 Å². The first kappa shape index (κ1) is 14.4. The summed E-state index contributed by atoms with van der Waals surface area (Å²) in [5, 5.41) is 0. The molecule has 2 N–H and O–H groups in total. The minimum atomic E-state index is -0.423. The van der Waals surface area contributed by atoms with E-state index >= 15 is 0 Å². The zero-order valence-corrected chi connectivity index (χ0v) is 12.8. The van der Waals surface area contributed by atoms with E-state index < -0.39 is 5.91 Å². The third-order valence-electron chi connectivity index (χ3n) is 3.71. The Balaban J connectivity index is 2.48. The number of nitrogens with two attached hydrogens (primary N) is 1. The summed E-state index contributed by atoms with van der Waals surface area (Å²) in [7, 11) is 0. The van der Waals surface area contributed by atoms with Crippen LogP contribution in [0.25, 0.3) is 0 Å². The Morgan fingerprint density at radius 3 is 2.63 bits per heavy atom. The maximum atomic E-state index is 11.6. The normalized spacial score (nSPS) is 16.3. The maximum Gasteiger partial charge on any atom is 0.252 e. The van der Waals surface area contributed by atoms with Gasteiger partial charge in [-0.2, -0.15) is 0 Å². The molecule has 1 aliphatic carbocycles. The van der Waals surface area contributed by atoms with E-state index in [-0.39, 0.29) is 0 Å². The van der Waals surface area contributed by atoms with Crippen molar-refractivity contribution in [3.63, 3.8) is 0 Å². The Morgan fingerprint density at radius 1 is 1.37 bits per heavy atom. The minimum absolute atomic E-state index is 0.423. The van der Waals surface area contributed by atoms with Crippen LogP contribution in [0.15, 0.2) is 16.6 Å². The molecule has 3 nitrogen and oxygen atoms in total. The Morgan fingerprint density at radius 2 is 2.05 bits per heavy atom. The zero-order chi connectivity index (χ0) is 13.8. The van der Waals surface area contributed by atoms with Crippen molar-refractivity contribution in [1.29, 1.82) is 0 Å². The molecular formula is C15H20BrNO2. The molecule has 0 atom stereocenters. The molecule has 1 aromatic carbocycles. The molecule has 0 radical (unpaired) electrons. The Labute approximate surface area is 122 Å². The Hall–Kier alpha value is -1.03. The molecule has 1 aliphatic rings. The standard InChI is InChI=1S/C15H20BrNO2/c1-2-19-14-11(15(17)18)8-9-12(16)13(14)10-6-4-3-5-7-10/h8-10H,2-7H2,1H3,(H2,17,18). The van der Waals surface area contributed by atoms with E-state index in [0.29, 0.717) is 23.8 Å².